The maximum Gasteiger partial charge on any atom is 0.135 e. The lowest BCUT2D eigenvalue weighted by Crippen LogP contribution is -2.43. The van der Waals surface area contributed by atoms with Gasteiger partial charge >= 0.3 is 0 Å². The lowest BCUT2D eigenvalue weighted by molar-refractivity contribution is 0.589. The van der Waals surface area contributed by atoms with Crippen molar-refractivity contribution in [3.05, 3.63) is 77.9 Å². The number of benzene rings is 2. The van der Waals surface area contributed by atoms with E-state index in [0.29, 0.717) is 6.42 Å². The number of nitrogens with one attached hydrogen (secondary N) is 2. The van der Waals surface area contributed by atoms with Gasteiger partial charge in [-0.1, -0.05) is 30.3 Å². The van der Waals surface area contributed by atoms with Crippen molar-refractivity contribution in [2.45, 2.75) is 13.3 Å². The van der Waals surface area contributed by atoms with Gasteiger partial charge in [0.05, 0.1) is 17.4 Å². The van der Waals surface area contributed by atoms with Gasteiger partial charge in [-0.15, -0.1) is 0 Å². The lowest BCUT2D eigenvalue weighted by atomic mass is 10.1. The fourth-order valence-electron chi connectivity index (χ4n) is 3.94. The topological polar surface area (TPSA) is 78.9 Å². The molecule has 31 heavy (non-hydrogen) atoms. The number of aryl methyl sites for hydroxylation is 1. The van der Waals surface area contributed by atoms with Crippen molar-refractivity contribution >= 4 is 28.1 Å². The summed E-state index contributed by atoms with van der Waals surface area (Å²) in [6.45, 7) is 6.22. The quantitative estimate of drug-likeness (QED) is 0.521. The lowest BCUT2D eigenvalue weighted by Gasteiger charge is -2.29. The second-order valence-electron chi connectivity index (χ2n) is 7.79. The molecule has 5 rings (SSSR count). The summed E-state index contributed by atoms with van der Waals surface area (Å²) in [6, 6.07) is 16.7. The number of piperazine rings is 1. The van der Waals surface area contributed by atoms with Crippen LogP contribution in [0, 0.1) is 6.92 Å². The van der Waals surface area contributed by atoms with E-state index in [1.54, 1.807) is 12.4 Å². The van der Waals surface area contributed by atoms with Crippen LogP contribution in [0.15, 0.2) is 60.9 Å². The molecule has 0 amide bonds. The van der Waals surface area contributed by atoms with Crippen LogP contribution in [-0.2, 0) is 6.42 Å². The van der Waals surface area contributed by atoms with E-state index in [1.165, 1.54) is 11.3 Å². The third-order valence-corrected chi connectivity index (χ3v) is 5.62. The molecule has 0 radical (unpaired) electrons. The predicted molar refractivity (Wildman–Crippen MR) is 124 cm³/mol. The Morgan fingerprint density at radius 3 is 2.71 bits per heavy atom. The molecule has 7 nitrogen and oxygen atoms in total. The van der Waals surface area contributed by atoms with Crippen molar-refractivity contribution < 1.29 is 0 Å². The van der Waals surface area contributed by atoms with Crippen LogP contribution in [0.2, 0.25) is 0 Å². The summed E-state index contributed by atoms with van der Waals surface area (Å²) in [5.74, 6) is 1.53. The molecule has 1 aliphatic rings. The molecule has 0 spiro atoms. The van der Waals surface area contributed by atoms with Crippen molar-refractivity contribution in [1.29, 1.82) is 0 Å². The number of hydrogen-bond acceptors (Lipinski definition) is 7. The smallest absolute Gasteiger partial charge is 0.135 e. The number of aromatic nitrogens is 4. The van der Waals surface area contributed by atoms with Gasteiger partial charge in [-0.25, -0.2) is 9.97 Å². The average Bonchev–Trinajstić information content (AvgIpc) is 2.81. The Labute approximate surface area is 181 Å². The molecule has 0 aliphatic carbocycles. The number of hydrogen-bond donors (Lipinski definition) is 2. The molecule has 0 unspecified atom stereocenters. The van der Waals surface area contributed by atoms with Gasteiger partial charge in [0, 0.05) is 49.9 Å². The molecule has 0 bridgehead atoms. The summed E-state index contributed by atoms with van der Waals surface area (Å²) in [4.78, 5) is 11.6. The first-order chi connectivity index (χ1) is 15.3. The third kappa shape index (κ3) is 4.32. The fourth-order valence-corrected chi connectivity index (χ4v) is 3.94. The molecular formula is C24H25N7. The van der Waals surface area contributed by atoms with E-state index < -0.39 is 0 Å². The first-order valence-corrected chi connectivity index (χ1v) is 10.6. The zero-order valence-electron chi connectivity index (χ0n) is 17.5. The van der Waals surface area contributed by atoms with E-state index in [2.05, 4.69) is 55.0 Å². The van der Waals surface area contributed by atoms with E-state index in [-0.39, 0.29) is 0 Å². The van der Waals surface area contributed by atoms with Gasteiger partial charge in [-0.2, -0.15) is 10.2 Å². The highest BCUT2D eigenvalue weighted by atomic mass is 15.2. The Balaban J connectivity index is 1.32. The van der Waals surface area contributed by atoms with Gasteiger partial charge in [-0.05, 0) is 36.2 Å². The van der Waals surface area contributed by atoms with E-state index in [9.17, 15) is 0 Å². The first kappa shape index (κ1) is 19.4. The van der Waals surface area contributed by atoms with E-state index in [4.69, 9.17) is 4.98 Å². The molecular weight excluding hydrogens is 386 g/mol. The Morgan fingerprint density at radius 2 is 1.87 bits per heavy atom. The predicted octanol–water partition coefficient (Wildman–Crippen LogP) is 3.47. The van der Waals surface area contributed by atoms with Crippen LogP contribution in [0.4, 0.5) is 17.2 Å². The highest BCUT2D eigenvalue weighted by molar-refractivity contribution is 5.93. The Hall–Kier alpha value is -3.58. The maximum atomic E-state index is 4.72. The summed E-state index contributed by atoms with van der Waals surface area (Å²) < 4.78 is 0. The van der Waals surface area contributed by atoms with Crippen LogP contribution in [0.3, 0.4) is 0 Å². The van der Waals surface area contributed by atoms with Crippen LogP contribution < -0.4 is 15.5 Å². The van der Waals surface area contributed by atoms with Crippen LogP contribution in [0.5, 0.6) is 0 Å². The fraction of sp³-hybridized carbons (Fsp3) is 0.250. The molecule has 1 aliphatic heterocycles. The van der Waals surface area contributed by atoms with Gasteiger partial charge in [0.2, 0.25) is 0 Å². The minimum atomic E-state index is 0.686. The van der Waals surface area contributed by atoms with Crippen LogP contribution in [-0.4, -0.2) is 46.3 Å². The number of fused-ring (bicyclic) bond motifs is 1. The molecule has 3 heterocycles. The zero-order chi connectivity index (χ0) is 21.0. The summed E-state index contributed by atoms with van der Waals surface area (Å²) >= 11 is 0. The normalized spacial score (nSPS) is 14.0. The summed E-state index contributed by atoms with van der Waals surface area (Å²) in [6.07, 6.45) is 4.21. The second-order valence-corrected chi connectivity index (χ2v) is 7.79. The minimum Gasteiger partial charge on any atom is -0.369 e. The van der Waals surface area contributed by atoms with Crippen molar-refractivity contribution in [3.8, 4) is 0 Å². The highest BCUT2D eigenvalue weighted by Gasteiger charge is 2.11. The maximum absolute atomic E-state index is 4.72. The van der Waals surface area contributed by atoms with Crippen molar-refractivity contribution in [3.63, 3.8) is 0 Å². The van der Waals surface area contributed by atoms with E-state index >= 15 is 0 Å². The third-order valence-electron chi connectivity index (χ3n) is 5.62. The molecule has 7 heteroatoms. The monoisotopic (exact) mass is 411 g/mol. The number of rotatable bonds is 5. The standard InChI is InChI=1S/C24H25N7/c1-17-3-2-4-20-21(16-27-30-24(17)20)28-22-9-10-26-23(29-22)15-18-5-7-19(8-6-18)31-13-11-25-12-14-31/h2-10,16,25H,11-15H2,1H3,(H,26,28,29,30). The summed E-state index contributed by atoms with van der Waals surface area (Å²) in [7, 11) is 0. The van der Waals surface area contributed by atoms with Gasteiger partial charge in [0.1, 0.15) is 11.6 Å². The van der Waals surface area contributed by atoms with Gasteiger partial charge in [-0.3, -0.25) is 0 Å². The minimum absolute atomic E-state index is 0.686. The van der Waals surface area contributed by atoms with Crippen LogP contribution in [0.25, 0.3) is 10.9 Å². The van der Waals surface area contributed by atoms with Crippen LogP contribution in [0.1, 0.15) is 17.0 Å². The molecule has 0 saturated carbocycles. The average molecular weight is 412 g/mol. The Bertz CT molecular complexity index is 1180. The van der Waals surface area contributed by atoms with Crippen LogP contribution >= 0.6 is 0 Å². The largest absolute Gasteiger partial charge is 0.369 e. The number of anilines is 3. The van der Waals surface area contributed by atoms with Crippen molar-refractivity contribution in [2.75, 3.05) is 36.4 Å². The SMILES string of the molecule is Cc1cccc2c(Nc3ccnc(Cc4ccc(N5CCNCC5)cc4)n3)cnnc12. The molecule has 2 N–H and O–H groups in total. The second kappa shape index (κ2) is 8.65. The molecule has 156 valence electrons. The molecule has 4 aromatic rings. The van der Waals surface area contributed by atoms with Gasteiger partial charge in [0.25, 0.3) is 0 Å². The molecule has 1 saturated heterocycles. The molecule has 2 aromatic carbocycles. The van der Waals surface area contributed by atoms with E-state index in [0.717, 1.165) is 60.0 Å². The summed E-state index contributed by atoms with van der Waals surface area (Å²) in [5, 5.41) is 16.2. The molecule has 0 atom stereocenters. The number of nitrogens with zero attached hydrogens (tertiary/aromatic N) is 5. The highest BCUT2D eigenvalue weighted by Crippen LogP contribution is 2.25. The Morgan fingerprint density at radius 1 is 1.03 bits per heavy atom. The Kier molecular flexibility index (Phi) is 5.41. The zero-order valence-corrected chi connectivity index (χ0v) is 17.5. The van der Waals surface area contributed by atoms with Crippen molar-refractivity contribution in [2.24, 2.45) is 0 Å². The van der Waals surface area contributed by atoms with E-state index in [1.807, 2.05) is 31.2 Å². The molecule has 1 fully saturated rings. The van der Waals surface area contributed by atoms with Gasteiger partial charge < -0.3 is 15.5 Å². The van der Waals surface area contributed by atoms with Crippen molar-refractivity contribution in [1.82, 2.24) is 25.5 Å². The summed E-state index contributed by atoms with van der Waals surface area (Å²) in [5.41, 5.74) is 5.35. The molecule has 2 aromatic heterocycles. The van der Waals surface area contributed by atoms with Gasteiger partial charge in [0.15, 0.2) is 0 Å². The first-order valence-electron chi connectivity index (χ1n) is 10.6.